The van der Waals surface area contributed by atoms with Crippen molar-refractivity contribution in [3.63, 3.8) is 0 Å². The minimum absolute atomic E-state index is 0.212. The zero-order valence-electron chi connectivity index (χ0n) is 8.91. The fourth-order valence-electron chi connectivity index (χ4n) is 0.796. The van der Waals surface area contributed by atoms with Gasteiger partial charge >= 0.3 is 11.9 Å². The molecule has 14 heavy (non-hydrogen) atoms. The Balaban J connectivity index is 3.80. The van der Waals surface area contributed by atoms with E-state index in [0.29, 0.717) is 19.8 Å². The number of carbonyl (C=O) groups is 2. The number of rotatable bonds is 5. The number of amides is 1. The normalized spacial score (nSPS) is 9.64. The maximum Gasteiger partial charge on any atom is 0.396 e. The summed E-state index contributed by atoms with van der Waals surface area (Å²) in [4.78, 5) is 23.5. The molecule has 0 aromatic carbocycles. The van der Waals surface area contributed by atoms with Crippen molar-refractivity contribution in [3.05, 3.63) is 0 Å². The van der Waals surface area contributed by atoms with Crippen molar-refractivity contribution in [2.45, 2.75) is 13.8 Å². The number of nitrogens with zero attached hydrogens (tertiary/aromatic N) is 1. The molecule has 0 saturated carbocycles. The summed E-state index contributed by atoms with van der Waals surface area (Å²) in [6.07, 6.45) is 0. The molecule has 0 aliphatic heterocycles. The monoisotopic (exact) mass is 203 g/mol. The smallest absolute Gasteiger partial charge is 0.396 e. The number of carbonyl (C=O) groups excluding carboxylic acids is 2. The molecule has 0 spiro atoms. The van der Waals surface area contributed by atoms with Gasteiger partial charge in [0.1, 0.15) is 0 Å². The van der Waals surface area contributed by atoms with Crippen LogP contribution in [0, 0.1) is 0 Å². The molecule has 0 rings (SSSR count). The van der Waals surface area contributed by atoms with Crippen LogP contribution in [0.1, 0.15) is 13.8 Å². The van der Waals surface area contributed by atoms with Crippen LogP contribution in [-0.4, -0.2) is 50.2 Å². The Morgan fingerprint density at radius 1 is 1.21 bits per heavy atom. The van der Waals surface area contributed by atoms with Gasteiger partial charge in [0.2, 0.25) is 0 Å². The third-order valence-electron chi connectivity index (χ3n) is 1.57. The molecule has 1 amide bonds. The molecule has 0 saturated heterocycles. The Labute approximate surface area is 84.0 Å². The van der Waals surface area contributed by atoms with Gasteiger partial charge in [-0.3, -0.25) is 4.79 Å². The molecular formula is C9H17NO4. The van der Waals surface area contributed by atoms with Crippen molar-refractivity contribution in [1.29, 1.82) is 0 Å². The molecular weight excluding hydrogens is 186 g/mol. The van der Waals surface area contributed by atoms with Gasteiger partial charge in [0.15, 0.2) is 0 Å². The second-order valence-electron chi connectivity index (χ2n) is 2.64. The van der Waals surface area contributed by atoms with E-state index in [0.717, 1.165) is 0 Å². The maximum atomic E-state index is 11.2. The Morgan fingerprint density at radius 3 is 2.36 bits per heavy atom. The number of likely N-dealkylation sites (N-methyl/N-ethyl adjacent to an activating group) is 1. The molecule has 0 aliphatic carbocycles. The first-order chi connectivity index (χ1) is 6.63. The van der Waals surface area contributed by atoms with Crippen LogP contribution in [0.3, 0.4) is 0 Å². The highest BCUT2D eigenvalue weighted by Gasteiger charge is 2.19. The lowest BCUT2D eigenvalue weighted by molar-refractivity contribution is -0.159. The van der Waals surface area contributed by atoms with Gasteiger partial charge in [-0.25, -0.2) is 4.79 Å². The highest BCUT2D eigenvalue weighted by Crippen LogP contribution is 1.89. The first-order valence-electron chi connectivity index (χ1n) is 4.63. The lowest BCUT2D eigenvalue weighted by atomic mass is 10.5. The minimum atomic E-state index is -0.813. The summed E-state index contributed by atoms with van der Waals surface area (Å²) in [5.41, 5.74) is 0. The van der Waals surface area contributed by atoms with Gasteiger partial charge in [-0.2, -0.15) is 0 Å². The summed E-state index contributed by atoms with van der Waals surface area (Å²) >= 11 is 0. The van der Waals surface area contributed by atoms with Crippen molar-refractivity contribution in [2.75, 3.05) is 33.4 Å². The predicted octanol–water partition coefficient (Wildman–Crippen LogP) is 0.0444. The maximum absolute atomic E-state index is 11.2. The fourth-order valence-corrected chi connectivity index (χ4v) is 0.796. The average Bonchev–Trinajstić information content (AvgIpc) is 2.17. The number of esters is 1. The van der Waals surface area contributed by atoms with Crippen molar-refractivity contribution in [3.8, 4) is 0 Å². The Kier molecular flexibility index (Phi) is 6.74. The number of hydrogen-bond acceptors (Lipinski definition) is 4. The molecule has 0 heterocycles. The van der Waals surface area contributed by atoms with E-state index in [4.69, 9.17) is 4.74 Å². The second-order valence-corrected chi connectivity index (χ2v) is 2.64. The first-order valence-corrected chi connectivity index (χ1v) is 4.63. The van der Waals surface area contributed by atoms with Crippen molar-refractivity contribution in [1.82, 2.24) is 4.90 Å². The van der Waals surface area contributed by atoms with Gasteiger partial charge in [-0.1, -0.05) is 0 Å². The molecule has 0 fully saturated rings. The molecule has 0 bridgehead atoms. The van der Waals surface area contributed by atoms with Gasteiger partial charge in [0, 0.05) is 20.2 Å². The fraction of sp³-hybridized carbons (Fsp3) is 0.778. The van der Waals surface area contributed by atoms with Gasteiger partial charge < -0.3 is 14.4 Å². The Hall–Kier alpha value is -1.10. The van der Waals surface area contributed by atoms with E-state index >= 15 is 0 Å². The van der Waals surface area contributed by atoms with Crippen LogP contribution in [0.15, 0.2) is 0 Å². The van der Waals surface area contributed by atoms with E-state index in [-0.39, 0.29) is 6.61 Å². The molecule has 0 atom stereocenters. The number of hydrogen-bond donors (Lipinski definition) is 0. The van der Waals surface area contributed by atoms with E-state index in [1.807, 2.05) is 6.92 Å². The molecule has 82 valence electrons. The van der Waals surface area contributed by atoms with Crippen LogP contribution in [0.2, 0.25) is 0 Å². The van der Waals surface area contributed by atoms with Crippen molar-refractivity contribution < 1.29 is 19.1 Å². The molecule has 5 nitrogen and oxygen atoms in total. The third-order valence-corrected chi connectivity index (χ3v) is 1.57. The summed E-state index contributed by atoms with van der Waals surface area (Å²) in [6, 6.07) is 0. The van der Waals surface area contributed by atoms with Gasteiger partial charge in [-0.05, 0) is 13.8 Å². The van der Waals surface area contributed by atoms with E-state index in [1.165, 1.54) is 11.9 Å². The van der Waals surface area contributed by atoms with Crippen LogP contribution in [-0.2, 0) is 19.1 Å². The van der Waals surface area contributed by atoms with Gasteiger partial charge in [0.05, 0.1) is 13.2 Å². The topological polar surface area (TPSA) is 55.8 Å². The summed E-state index contributed by atoms with van der Waals surface area (Å²) in [6.45, 7) is 5.16. The van der Waals surface area contributed by atoms with Gasteiger partial charge in [0.25, 0.3) is 0 Å². The summed E-state index contributed by atoms with van der Waals surface area (Å²) in [5, 5.41) is 0. The lowest BCUT2D eigenvalue weighted by Gasteiger charge is -2.15. The minimum Gasteiger partial charge on any atom is -0.459 e. The zero-order chi connectivity index (χ0) is 11.0. The summed E-state index contributed by atoms with van der Waals surface area (Å²) in [7, 11) is 1.54. The number of ether oxygens (including phenoxy) is 2. The first kappa shape index (κ1) is 12.9. The molecule has 0 N–H and O–H groups in total. The summed E-state index contributed by atoms with van der Waals surface area (Å²) in [5.74, 6) is -1.45. The Bertz CT molecular complexity index is 193. The van der Waals surface area contributed by atoms with Crippen LogP contribution in [0.25, 0.3) is 0 Å². The largest absolute Gasteiger partial charge is 0.459 e. The predicted molar refractivity (Wildman–Crippen MR) is 50.8 cm³/mol. The van der Waals surface area contributed by atoms with E-state index in [9.17, 15) is 9.59 Å². The van der Waals surface area contributed by atoms with Crippen molar-refractivity contribution >= 4 is 11.9 Å². The van der Waals surface area contributed by atoms with Crippen LogP contribution in [0.5, 0.6) is 0 Å². The van der Waals surface area contributed by atoms with Crippen LogP contribution in [0.4, 0.5) is 0 Å². The molecule has 0 aromatic rings. The average molecular weight is 203 g/mol. The van der Waals surface area contributed by atoms with Crippen LogP contribution >= 0.6 is 0 Å². The highest BCUT2D eigenvalue weighted by molar-refractivity contribution is 6.32. The van der Waals surface area contributed by atoms with Crippen LogP contribution < -0.4 is 0 Å². The van der Waals surface area contributed by atoms with E-state index < -0.39 is 11.9 Å². The van der Waals surface area contributed by atoms with E-state index in [1.54, 1.807) is 6.92 Å². The zero-order valence-corrected chi connectivity index (χ0v) is 8.91. The third kappa shape index (κ3) is 4.81. The molecule has 0 unspecified atom stereocenters. The summed E-state index contributed by atoms with van der Waals surface area (Å²) < 4.78 is 9.61. The Morgan fingerprint density at radius 2 is 1.86 bits per heavy atom. The quantitative estimate of drug-likeness (QED) is 0.360. The van der Waals surface area contributed by atoms with Crippen molar-refractivity contribution in [2.24, 2.45) is 0 Å². The molecule has 0 aromatic heterocycles. The van der Waals surface area contributed by atoms with Gasteiger partial charge in [-0.15, -0.1) is 0 Å². The molecule has 5 heteroatoms. The second kappa shape index (κ2) is 7.32. The molecule has 0 radical (unpaired) electrons. The van der Waals surface area contributed by atoms with E-state index in [2.05, 4.69) is 4.74 Å². The highest BCUT2D eigenvalue weighted by atomic mass is 16.5. The lowest BCUT2D eigenvalue weighted by Crippen LogP contribution is -2.36. The SMILES string of the molecule is CCOCCN(C)C(=O)C(=O)OCC. The standard InChI is InChI=1S/C9H17NO4/c1-4-13-7-6-10(3)8(11)9(12)14-5-2/h4-7H2,1-3H3. The molecule has 0 aliphatic rings.